The Labute approximate surface area is 210 Å². The fraction of sp³-hybridized carbons (Fsp3) is 0.250. The number of hydrogen-bond acceptors (Lipinski definition) is 3. The van der Waals surface area contributed by atoms with Crippen LogP contribution in [0.25, 0.3) is 11.6 Å². The second kappa shape index (κ2) is 11.6. The zero-order valence-corrected chi connectivity index (χ0v) is 21.3. The Morgan fingerprint density at radius 3 is 2.11 bits per heavy atom. The molecule has 0 saturated carbocycles. The molecule has 0 aliphatic heterocycles. The van der Waals surface area contributed by atoms with Gasteiger partial charge in [-0.3, -0.25) is 0 Å². The molecule has 1 N–H and O–H groups in total. The van der Waals surface area contributed by atoms with Gasteiger partial charge in [-0.15, -0.1) is 0 Å². The van der Waals surface area contributed by atoms with Crippen molar-refractivity contribution >= 4 is 23.2 Å². The summed E-state index contributed by atoms with van der Waals surface area (Å²) >= 11 is 0. The Morgan fingerprint density at radius 2 is 1.46 bits per heavy atom. The highest BCUT2D eigenvalue weighted by molar-refractivity contribution is 5.86. The molecule has 0 amide bonds. The standard InChI is InChI=1S/C32H35N3/c1-5-25-10-12-27(13-11-25)16-19-29(28-17-14-26(6-2)15-18-28)21-31-24(4)33-22-34-32(31)35-30-9-7-8-23(3)20-30/h7-15,17-18,20-22H,5-6,16,19H2,1-4H3,(H,33,34,35)/b29-21+. The normalized spacial score (nSPS) is 11.5. The van der Waals surface area contributed by atoms with E-state index in [9.17, 15) is 0 Å². The van der Waals surface area contributed by atoms with Gasteiger partial charge in [-0.25, -0.2) is 9.97 Å². The summed E-state index contributed by atoms with van der Waals surface area (Å²) in [6.07, 6.45) is 7.94. The number of nitrogens with zero attached hydrogens (tertiary/aromatic N) is 2. The number of aryl methyl sites for hydroxylation is 5. The van der Waals surface area contributed by atoms with Crippen LogP contribution < -0.4 is 5.32 Å². The lowest BCUT2D eigenvalue weighted by molar-refractivity contribution is 1.01. The second-order valence-corrected chi connectivity index (χ2v) is 9.11. The monoisotopic (exact) mass is 461 g/mol. The number of nitrogens with one attached hydrogen (secondary N) is 1. The number of anilines is 2. The van der Waals surface area contributed by atoms with Crippen LogP contribution in [-0.4, -0.2) is 9.97 Å². The highest BCUT2D eigenvalue weighted by Gasteiger charge is 2.11. The lowest BCUT2D eigenvalue weighted by Crippen LogP contribution is -2.01. The van der Waals surface area contributed by atoms with Gasteiger partial charge < -0.3 is 5.32 Å². The van der Waals surface area contributed by atoms with E-state index in [0.29, 0.717) is 0 Å². The third-order valence-electron chi connectivity index (χ3n) is 6.53. The first kappa shape index (κ1) is 24.4. The number of rotatable bonds is 9. The van der Waals surface area contributed by atoms with Crippen molar-refractivity contribution in [2.75, 3.05) is 5.32 Å². The first-order valence-corrected chi connectivity index (χ1v) is 12.6. The summed E-state index contributed by atoms with van der Waals surface area (Å²) < 4.78 is 0. The fourth-order valence-corrected chi connectivity index (χ4v) is 4.26. The van der Waals surface area contributed by atoms with Crippen LogP contribution in [-0.2, 0) is 19.3 Å². The molecule has 178 valence electrons. The van der Waals surface area contributed by atoms with Gasteiger partial charge in [0.05, 0.1) is 5.69 Å². The van der Waals surface area contributed by atoms with Gasteiger partial charge in [0.1, 0.15) is 12.1 Å². The average molecular weight is 462 g/mol. The summed E-state index contributed by atoms with van der Waals surface area (Å²) in [7, 11) is 0. The number of hydrogen-bond donors (Lipinski definition) is 1. The molecule has 0 fully saturated rings. The second-order valence-electron chi connectivity index (χ2n) is 9.11. The predicted molar refractivity (Wildman–Crippen MR) is 149 cm³/mol. The minimum atomic E-state index is 0.832. The van der Waals surface area contributed by atoms with E-state index < -0.39 is 0 Å². The molecule has 4 aromatic rings. The maximum absolute atomic E-state index is 4.61. The molecule has 0 saturated heterocycles. The van der Waals surface area contributed by atoms with Crippen molar-refractivity contribution in [2.45, 2.75) is 53.4 Å². The molecule has 0 aliphatic rings. The summed E-state index contributed by atoms with van der Waals surface area (Å²) in [5.41, 5.74) is 10.9. The Balaban J connectivity index is 1.70. The Morgan fingerprint density at radius 1 is 0.800 bits per heavy atom. The van der Waals surface area contributed by atoms with Crippen LogP contribution in [0.1, 0.15) is 59.3 Å². The molecule has 0 aliphatic carbocycles. The molecule has 35 heavy (non-hydrogen) atoms. The van der Waals surface area contributed by atoms with Crippen molar-refractivity contribution in [3.63, 3.8) is 0 Å². The van der Waals surface area contributed by atoms with E-state index in [4.69, 9.17) is 0 Å². The molecule has 0 radical (unpaired) electrons. The summed E-state index contributed by atoms with van der Waals surface area (Å²) in [6.45, 7) is 8.54. The van der Waals surface area contributed by atoms with Crippen molar-refractivity contribution in [2.24, 2.45) is 0 Å². The van der Waals surface area contributed by atoms with Crippen LogP contribution >= 0.6 is 0 Å². The third kappa shape index (κ3) is 6.45. The summed E-state index contributed by atoms with van der Waals surface area (Å²) in [5.74, 6) is 0.832. The van der Waals surface area contributed by atoms with Crippen molar-refractivity contribution in [3.8, 4) is 0 Å². The molecule has 0 atom stereocenters. The number of benzene rings is 3. The first-order chi connectivity index (χ1) is 17.1. The lowest BCUT2D eigenvalue weighted by Gasteiger charge is -2.14. The van der Waals surface area contributed by atoms with Crippen LogP contribution in [0.15, 0.2) is 79.1 Å². The molecule has 1 aromatic heterocycles. The average Bonchev–Trinajstić information content (AvgIpc) is 2.88. The molecule has 3 heteroatoms. The van der Waals surface area contributed by atoms with E-state index in [0.717, 1.165) is 48.4 Å². The minimum Gasteiger partial charge on any atom is -0.340 e. The van der Waals surface area contributed by atoms with Crippen LogP contribution in [0.4, 0.5) is 11.5 Å². The quantitative estimate of drug-likeness (QED) is 0.273. The van der Waals surface area contributed by atoms with Crippen LogP contribution in [0, 0.1) is 13.8 Å². The van der Waals surface area contributed by atoms with E-state index in [-0.39, 0.29) is 0 Å². The maximum Gasteiger partial charge on any atom is 0.141 e. The fourth-order valence-electron chi connectivity index (χ4n) is 4.26. The van der Waals surface area contributed by atoms with E-state index in [1.807, 2.05) is 0 Å². The van der Waals surface area contributed by atoms with E-state index >= 15 is 0 Å². The molecular formula is C32H35N3. The molecule has 1 heterocycles. The van der Waals surface area contributed by atoms with Gasteiger partial charge in [0.2, 0.25) is 0 Å². The largest absolute Gasteiger partial charge is 0.340 e. The van der Waals surface area contributed by atoms with Crippen molar-refractivity contribution < 1.29 is 0 Å². The Kier molecular flexibility index (Phi) is 8.10. The molecule has 0 bridgehead atoms. The van der Waals surface area contributed by atoms with Crippen molar-refractivity contribution in [1.82, 2.24) is 9.97 Å². The Bertz CT molecular complexity index is 1290. The maximum atomic E-state index is 4.61. The molecule has 0 spiro atoms. The zero-order valence-electron chi connectivity index (χ0n) is 21.3. The zero-order chi connectivity index (χ0) is 24.6. The first-order valence-electron chi connectivity index (χ1n) is 12.6. The van der Waals surface area contributed by atoms with Crippen LogP contribution in [0.2, 0.25) is 0 Å². The summed E-state index contributed by atoms with van der Waals surface area (Å²) in [5, 5.41) is 3.52. The molecule has 4 rings (SSSR count). The van der Waals surface area contributed by atoms with Gasteiger partial charge in [0.15, 0.2) is 0 Å². The minimum absolute atomic E-state index is 0.832. The van der Waals surface area contributed by atoms with E-state index in [1.165, 1.54) is 33.4 Å². The van der Waals surface area contributed by atoms with Gasteiger partial charge in [0.25, 0.3) is 0 Å². The van der Waals surface area contributed by atoms with Gasteiger partial charge >= 0.3 is 0 Å². The summed E-state index contributed by atoms with van der Waals surface area (Å²) in [6, 6.07) is 26.3. The van der Waals surface area contributed by atoms with E-state index in [2.05, 4.69) is 122 Å². The van der Waals surface area contributed by atoms with Gasteiger partial charge in [0, 0.05) is 11.3 Å². The topological polar surface area (TPSA) is 37.8 Å². The lowest BCUT2D eigenvalue weighted by atomic mass is 9.94. The Hall–Kier alpha value is -3.72. The highest BCUT2D eigenvalue weighted by Crippen LogP contribution is 2.29. The molecule has 3 nitrogen and oxygen atoms in total. The van der Waals surface area contributed by atoms with Gasteiger partial charge in [-0.1, -0.05) is 74.5 Å². The molecule has 0 unspecified atom stereocenters. The van der Waals surface area contributed by atoms with Crippen molar-refractivity contribution in [1.29, 1.82) is 0 Å². The SMILES string of the molecule is CCc1ccc(CC/C(=C\c2c(C)ncnc2Nc2cccc(C)c2)c2ccc(CC)cc2)cc1. The van der Waals surface area contributed by atoms with Gasteiger partial charge in [-0.2, -0.15) is 0 Å². The predicted octanol–water partition coefficient (Wildman–Crippen LogP) is 8.14. The third-order valence-corrected chi connectivity index (χ3v) is 6.53. The highest BCUT2D eigenvalue weighted by atomic mass is 15.0. The van der Waals surface area contributed by atoms with Gasteiger partial charge in [-0.05, 0) is 91.1 Å². The summed E-state index contributed by atoms with van der Waals surface area (Å²) in [4.78, 5) is 9.12. The number of aromatic nitrogens is 2. The molecule has 3 aromatic carbocycles. The molecular weight excluding hydrogens is 426 g/mol. The number of allylic oxidation sites excluding steroid dienone is 1. The van der Waals surface area contributed by atoms with Crippen LogP contribution in [0.3, 0.4) is 0 Å². The van der Waals surface area contributed by atoms with E-state index in [1.54, 1.807) is 6.33 Å². The smallest absolute Gasteiger partial charge is 0.141 e. The van der Waals surface area contributed by atoms with Crippen molar-refractivity contribution in [3.05, 3.63) is 118 Å². The van der Waals surface area contributed by atoms with Crippen LogP contribution in [0.5, 0.6) is 0 Å².